The largest absolute Gasteiger partial charge is 0.465 e. The molecule has 0 saturated carbocycles. The number of hydrogen-bond acceptors (Lipinski definition) is 7. The molecule has 2 heterocycles. The number of esters is 1. The van der Waals surface area contributed by atoms with E-state index < -0.39 is 11.2 Å². The maximum absolute atomic E-state index is 11.8. The highest BCUT2D eigenvalue weighted by Crippen LogP contribution is 2.22. The Bertz CT molecular complexity index is 698. The van der Waals surface area contributed by atoms with Crippen LogP contribution in [0.15, 0.2) is 11.2 Å². The Labute approximate surface area is 126 Å². The van der Waals surface area contributed by atoms with Crippen LogP contribution in [0.25, 0.3) is 5.78 Å². The van der Waals surface area contributed by atoms with Crippen LogP contribution in [-0.4, -0.2) is 43.2 Å². The molecule has 0 bridgehead atoms. The maximum Gasteiger partial charge on any atom is 0.327 e. The van der Waals surface area contributed by atoms with Crippen molar-refractivity contribution in [2.75, 3.05) is 6.61 Å². The molecule has 0 aliphatic heterocycles. The van der Waals surface area contributed by atoms with E-state index in [0.717, 1.165) is 23.1 Å². The van der Waals surface area contributed by atoms with Gasteiger partial charge < -0.3 is 4.74 Å². The number of rotatable bonds is 5. The second-order valence-corrected chi connectivity index (χ2v) is 5.58. The Hall–Kier alpha value is -1.96. The first-order chi connectivity index (χ1) is 9.92. The van der Waals surface area contributed by atoms with Crippen LogP contribution < -0.4 is 0 Å². The summed E-state index contributed by atoms with van der Waals surface area (Å²) in [5.74, 6) is -0.422. The van der Waals surface area contributed by atoms with Crippen LogP contribution in [0.2, 0.25) is 0 Å². The first kappa shape index (κ1) is 15.4. The average Bonchev–Trinajstić information content (AvgIpc) is 2.78. The van der Waals surface area contributed by atoms with Gasteiger partial charge in [-0.3, -0.25) is 9.59 Å². The van der Waals surface area contributed by atoms with Gasteiger partial charge in [0, 0.05) is 11.4 Å². The summed E-state index contributed by atoms with van der Waals surface area (Å²) in [5, 5.41) is 3.63. The van der Waals surface area contributed by atoms with Gasteiger partial charge in [0.1, 0.15) is 0 Å². The summed E-state index contributed by atoms with van der Waals surface area (Å²) < 4.78 is 6.48. The first-order valence-corrected chi connectivity index (χ1v) is 7.35. The van der Waals surface area contributed by atoms with Gasteiger partial charge in [-0.25, -0.2) is 9.50 Å². The third-order valence-electron chi connectivity index (χ3n) is 2.69. The standard InChI is InChI=1S/C13H16N4O3S/c1-5-20-11(19)10(9(4)18)21-13-15-12-14-7(2)6-8(3)17(12)16-13/h6,10H,5H2,1-4H3. The van der Waals surface area contributed by atoms with Crippen molar-refractivity contribution < 1.29 is 14.3 Å². The topological polar surface area (TPSA) is 86.4 Å². The molecule has 1 atom stereocenters. The van der Waals surface area contributed by atoms with Gasteiger partial charge in [-0.2, -0.15) is 4.98 Å². The van der Waals surface area contributed by atoms with E-state index in [1.807, 2.05) is 19.9 Å². The molecule has 0 aliphatic carbocycles. The number of aromatic nitrogens is 4. The van der Waals surface area contributed by atoms with Gasteiger partial charge in [0.15, 0.2) is 11.0 Å². The van der Waals surface area contributed by atoms with Crippen LogP contribution in [0, 0.1) is 13.8 Å². The van der Waals surface area contributed by atoms with Crippen LogP contribution in [0.1, 0.15) is 25.2 Å². The van der Waals surface area contributed by atoms with Crippen LogP contribution in [0.4, 0.5) is 0 Å². The fourth-order valence-electron chi connectivity index (χ4n) is 1.82. The quantitative estimate of drug-likeness (QED) is 0.468. The molecule has 0 saturated heterocycles. The van der Waals surface area contributed by atoms with Crippen molar-refractivity contribution in [2.45, 2.75) is 38.1 Å². The fraction of sp³-hybridized carbons (Fsp3) is 0.462. The number of thioether (sulfide) groups is 1. The van der Waals surface area contributed by atoms with Gasteiger partial charge in [-0.1, -0.05) is 11.8 Å². The molecule has 1 unspecified atom stereocenters. The molecule has 0 aromatic carbocycles. The average molecular weight is 308 g/mol. The van der Waals surface area contributed by atoms with Gasteiger partial charge in [0.2, 0.25) is 5.16 Å². The predicted molar refractivity (Wildman–Crippen MR) is 77.2 cm³/mol. The molecular weight excluding hydrogens is 292 g/mol. The Morgan fingerprint density at radius 1 is 1.38 bits per heavy atom. The van der Waals surface area contributed by atoms with Crippen LogP contribution in [0.5, 0.6) is 0 Å². The summed E-state index contributed by atoms with van der Waals surface area (Å²) in [6.07, 6.45) is 0. The number of hydrogen-bond donors (Lipinski definition) is 0. The van der Waals surface area contributed by atoms with Gasteiger partial charge in [0.05, 0.1) is 6.61 Å². The predicted octanol–water partition coefficient (Wildman–Crippen LogP) is 1.35. The number of carbonyl (C=O) groups is 2. The van der Waals surface area contributed by atoms with Gasteiger partial charge in [-0.15, -0.1) is 5.10 Å². The van der Waals surface area contributed by atoms with E-state index in [4.69, 9.17) is 4.74 Å². The zero-order chi connectivity index (χ0) is 15.6. The van der Waals surface area contributed by atoms with Crippen molar-refractivity contribution in [3.05, 3.63) is 17.5 Å². The normalized spacial score (nSPS) is 12.4. The molecule has 112 valence electrons. The second-order valence-electron chi connectivity index (χ2n) is 4.51. The molecule has 0 N–H and O–H groups in total. The zero-order valence-electron chi connectivity index (χ0n) is 12.3. The highest BCUT2D eigenvalue weighted by molar-refractivity contribution is 8.01. The Balaban J connectivity index is 2.31. The van der Waals surface area contributed by atoms with Gasteiger partial charge in [0.25, 0.3) is 5.78 Å². The first-order valence-electron chi connectivity index (χ1n) is 6.47. The number of Topliss-reactive ketones (excluding diaryl/α,β-unsaturated/α-hetero) is 1. The van der Waals surface area contributed by atoms with Gasteiger partial charge >= 0.3 is 5.97 Å². The molecule has 0 radical (unpaired) electrons. The zero-order valence-corrected chi connectivity index (χ0v) is 13.1. The maximum atomic E-state index is 11.8. The minimum absolute atomic E-state index is 0.224. The lowest BCUT2D eigenvalue weighted by atomic mass is 10.3. The molecule has 8 heteroatoms. The molecule has 0 fully saturated rings. The van der Waals surface area contributed by atoms with E-state index >= 15 is 0 Å². The lowest BCUT2D eigenvalue weighted by molar-refractivity contribution is -0.144. The molecule has 0 aliphatic rings. The van der Waals surface area contributed by atoms with E-state index in [2.05, 4.69) is 15.1 Å². The third-order valence-corrected chi connectivity index (χ3v) is 3.84. The Morgan fingerprint density at radius 3 is 2.71 bits per heavy atom. The Morgan fingerprint density at radius 2 is 2.10 bits per heavy atom. The number of fused-ring (bicyclic) bond motifs is 1. The molecule has 0 amide bonds. The molecule has 0 spiro atoms. The lowest BCUT2D eigenvalue weighted by Gasteiger charge is -2.09. The van der Waals surface area contributed by atoms with E-state index in [9.17, 15) is 9.59 Å². The summed E-state index contributed by atoms with van der Waals surface area (Å²) in [5.41, 5.74) is 1.71. The molecule has 21 heavy (non-hydrogen) atoms. The van der Waals surface area contributed by atoms with E-state index in [0.29, 0.717) is 10.9 Å². The number of nitrogens with zero attached hydrogens (tertiary/aromatic N) is 4. The van der Waals surface area contributed by atoms with Crippen molar-refractivity contribution in [3.8, 4) is 0 Å². The summed E-state index contributed by atoms with van der Waals surface area (Å²) in [6.45, 7) is 7.02. The fourth-order valence-corrected chi connectivity index (χ4v) is 2.62. The second kappa shape index (κ2) is 6.21. The van der Waals surface area contributed by atoms with Crippen LogP contribution in [-0.2, 0) is 14.3 Å². The minimum atomic E-state index is -0.955. The minimum Gasteiger partial charge on any atom is -0.465 e. The van der Waals surface area contributed by atoms with Crippen LogP contribution in [0.3, 0.4) is 0 Å². The Kier molecular flexibility index (Phi) is 4.56. The highest BCUT2D eigenvalue weighted by atomic mass is 32.2. The molecule has 2 aromatic rings. The summed E-state index contributed by atoms with van der Waals surface area (Å²) >= 11 is 0.978. The molecular formula is C13H16N4O3S. The molecule has 7 nitrogen and oxygen atoms in total. The summed E-state index contributed by atoms with van der Waals surface area (Å²) in [7, 11) is 0. The van der Waals surface area contributed by atoms with E-state index in [1.165, 1.54) is 6.92 Å². The van der Waals surface area contributed by atoms with Crippen molar-refractivity contribution >= 4 is 29.3 Å². The van der Waals surface area contributed by atoms with Crippen LogP contribution >= 0.6 is 11.8 Å². The summed E-state index contributed by atoms with van der Waals surface area (Å²) in [4.78, 5) is 31.9. The number of ketones is 1. The number of aryl methyl sites for hydroxylation is 2. The van der Waals surface area contributed by atoms with Gasteiger partial charge in [-0.05, 0) is 33.8 Å². The van der Waals surface area contributed by atoms with Crippen molar-refractivity contribution in [3.63, 3.8) is 0 Å². The SMILES string of the molecule is CCOC(=O)C(Sc1nc2nc(C)cc(C)n2n1)C(C)=O. The number of ether oxygens (including phenoxy) is 1. The van der Waals surface area contributed by atoms with Crippen molar-refractivity contribution in [1.29, 1.82) is 0 Å². The van der Waals surface area contributed by atoms with E-state index in [-0.39, 0.29) is 12.4 Å². The lowest BCUT2D eigenvalue weighted by Crippen LogP contribution is -2.27. The third kappa shape index (κ3) is 3.38. The molecule has 2 aromatic heterocycles. The van der Waals surface area contributed by atoms with Crippen molar-refractivity contribution in [1.82, 2.24) is 19.6 Å². The smallest absolute Gasteiger partial charge is 0.327 e. The van der Waals surface area contributed by atoms with E-state index in [1.54, 1.807) is 11.4 Å². The highest BCUT2D eigenvalue weighted by Gasteiger charge is 2.28. The van der Waals surface area contributed by atoms with Crippen molar-refractivity contribution in [2.24, 2.45) is 0 Å². The number of carbonyl (C=O) groups excluding carboxylic acids is 2. The summed E-state index contributed by atoms with van der Waals surface area (Å²) in [6, 6.07) is 1.88. The monoisotopic (exact) mass is 308 g/mol. The molecule has 2 rings (SSSR count).